The molecule has 0 saturated carbocycles. The van der Waals surface area contributed by atoms with E-state index in [9.17, 15) is 8.78 Å². The maximum Gasteiger partial charge on any atom is 0.129 e. The molecule has 0 fully saturated rings. The van der Waals surface area contributed by atoms with E-state index < -0.39 is 11.6 Å². The van der Waals surface area contributed by atoms with Crippen LogP contribution < -0.4 is 10.1 Å². The molecule has 0 aliphatic heterocycles. The number of benzene rings is 1. The molecule has 0 saturated heterocycles. The van der Waals surface area contributed by atoms with Crippen molar-refractivity contribution in [3.63, 3.8) is 0 Å². The molecule has 0 amide bonds. The zero-order chi connectivity index (χ0) is 11.3. The average molecular weight is 215 g/mol. The van der Waals surface area contributed by atoms with Gasteiger partial charge in [-0.2, -0.15) is 0 Å². The van der Waals surface area contributed by atoms with Crippen LogP contribution >= 0.6 is 0 Å². The van der Waals surface area contributed by atoms with E-state index in [0.717, 1.165) is 12.5 Å². The largest absolute Gasteiger partial charge is 0.489 e. The minimum atomic E-state index is -0.621. The molecule has 4 heteroatoms. The van der Waals surface area contributed by atoms with Crippen molar-refractivity contribution in [2.24, 2.45) is 0 Å². The number of hydrogen-bond donors (Lipinski definition) is 1. The van der Waals surface area contributed by atoms with Crippen molar-refractivity contribution in [3.05, 3.63) is 29.8 Å². The highest BCUT2D eigenvalue weighted by Gasteiger charge is 2.08. The van der Waals surface area contributed by atoms with Crippen molar-refractivity contribution in [2.75, 3.05) is 13.6 Å². The lowest BCUT2D eigenvalue weighted by Gasteiger charge is -2.17. The van der Waals surface area contributed by atoms with E-state index in [1.54, 1.807) is 7.05 Å². The zero-order valence-corrected chi connectivity index (χ0v) is 8.89. The predicted molar refractivity (Wildman–Crippen MR) is 55.0 cm³/mol. The molecule has 1 rings (SSSR count). The Kier molecular flexibility index (Phi) is 4.49. The second-order valence-corrected chi connectivity index (χ2v) is 3.31. The molecule has 0 aliphatic carbocycles. The van der Waals surface area contributed by atoms with E-state index in [1.165, 1.54) is 12.1 Å². The smallest absolute Gasteiger partial charge is 0.129 e. The third-order valence-electron chi connectivity index (χ3n) is 2.03. The Labute approximate surface area is 88.3 Å². The lowest BCUT2D eigenvalue weighted by Crippen LogP contribution is -2.28. The monoisotopic (exact) mass is 215 g/mol. The summed E-state index contributed by atoms with van der Waals surface area (Å²) in [6.07, 6.45) is 0.704. The van der Waals surface area contributed by atoms with Gasteiger partial charge >= 0.3 is 0 Å². The van der Waals surface area contributed by atoms with Crippen LogP contribution in [0.2, 0.25) is 0 Å². The number of halogens is 2. The average Bonchev–Trinajstić information content (AvgIpc) is 2.15. The number of likely N-dealkylation sites (N-methyl/N-ethyl adjacent to an activating group) is 1. The van der Waals surface area contributed by atoms with Crippen LogP contribution in [0.1, 0.15) is 13.3 Å². The number of rotatable bonds is 5. The highest BCUT2D eigenvalue weighted by Crippen LogP contribution is 2.17. The van der Waals surface area contributed by atoms with Gasteiger partial charge in [0.05, 0.1) is 0 Å². The molecule has 1 N–H and O–H groups in total. The van der Waals surface area contributed by atoms with E-state index in [-0.39, 0.29) is 11.9 Å². The number of ether oxygens (including phenoxy) is 1. The van der Waals surface area contributed by atoms with E-state index in [1.807, 2.05) is 6.92 Å². The van der Waals surface area contributed by atoms with Crippen molar-refractivity contribution in [1.29, 1.82) is 0 Å². The predicted octanol–water partition coefficient (Wildman–Crippen LogP) is 2.34. The third-order valence-corrected chi connectivity index (χ3v) is 2.03. The van der Waals surface area contributed by atoms with Crippen LogP contribution in [0.25, 0.3) is 0 Å². The van der Waals surface area contributed by atoms with Crippen LogP contribution in [0, 0.1) is 11.6 Å². The second kappa shape index (κ2) is 5.66. The first-order chi connectivity index (χ1) is 7.15. The summed E-state index contributed by atoms with van der Waals surface area (Å²) < 4.78 is 31.1. The first-order valence-electron chi connectivity index (χ1n) is 4.93. The molecule has 0 radical (unpaired) electrons. The Hall–Kier alpha value is -1.16. The third kappa shape index (κ3) is 3.83. The topological polar surface area (TPSA) is 21.3 Å². The van der Waals surface area contributed by atoms with Gasteiger partial charge in [-0.25, -0.2) is 8.78 Å². The summed E-state index contributed by atoms with van der Waals surface area (Å²) in [5.41, 5.74) is 0. The molecular formula is C11H15F2NO. The summed E-state index contributed by atoms with van der Waals surface area (Å²) in [7, 11) is 1.80. The fraction of sp³-hybridized carbons (Fsp3) is 0.455. The van der Waals surface area contributed by atoms with Gasteiger partial charge in [-0.3, -0.25) is 0 Å². The molecule has 15 heavy (non-hydrogen) atoms. The molecular weight excluding hydrogens is 200 g/mol. The number of hydrogen-bond acceptors (Lipinski definition) is 2. The second-order valence-electron chi connectivity index (χ2n) is 3.31. The summed E-state index contributed by atoms with van der Waals surface area (Å²) >= 11 is 0. The van der Waals surface area contributed by atoms with Crippen LogP contribution in [0.4, 0.5) is 8.78 Å². The minimum Gasteiger partial charge on any atom is -0.489 e. The van der Waals surface area contributed by atoms with Gasteiger partial charge < -0.3 is 10.1 Å². The summed E-state index contributed by atoms with van der Waals surface area (Å²) in [5.74, 6) is -1.01. The summed E-state index contributed by atoms with van der Waals surface area (Å²) in [5, 5.41) is 2.96. The molecule has 1 aromatic rings. The molecule has 84 valence electrons. The van der Waals surface area contributed by atoms with Gasteiger partial charge in [0, 0.05) is 24.7 Å². The maximum atomic E-state index is 12.8. The molecule has 0 bridgehead atoms. The van der Waals surface area contributed by atoms with Gasteiger partial charge in [-0.1, -0.05) is 6.92 Å². The molecule has 2 nitrogen and oxygen atoms in total. The molecule has 0 aromatic heterocycles. The Morgan fingerprint density at radius 1 is 1.27 bits per heavy atom. The summed E-state index contributed by atoms with van der Waals surface area (Å²) in [6, 6.07) is 3.19. The van der Waals surface area contributed by atoms with E-state index >= 15 is 0 Å². The molecule has 0 aliphatic rings. The van der Waals surface area contributed by atoms with E-state index in [4.69, 9.17) is 4.74 Å². The SMILES string of the molecule is CCC(CNC)Oc1cc(F)cc(F)c1. The highest BCUT2D eigenvalue weighted by molar-refractivity contribution is 5.24. The molecule has 1 unspecified atom stereocenters. The van der Waals surface area contributed by atoms with Gasteiger partial charge in [-0.05, 0) is 13.5 Å². The zero-order valence-electron chi connectivity index (χ0n) is 8.89. The van der Waals surface area contributed by atoms with Gasteiger partial charge in [0.25, 0.3) is 0 Å². The fourth-order valence-corrected chi connectivity index (χ4v) is 1.29. The van der Waals surface area contributed by atoms with Crippen molar-refractivity contribution in [3.8, 4) is 5.75 Å². The van der Waals surface area contributed by atoms with Crippen molar-refractivity contribution >= 4 is 0 Å². The number of nitrogens with one attached hydrogen (secondary N) is 1. The normalized spacial score (nSPS) is 12.5. The quantitative estimate of drug-likeness (QED) is 0.814. The van der Waals surface area contributed by atoms with Crippen molar-refractivity contribution in [2.45, 2.75) is 19.4 Å². The summed E-state index contributed by atoms with van der Waals surface area (Å²) in [4.78, 5) is 0. The van der Waals surface area contributed by atoms with E-state index in [0.29, 0.717) is 6.54 Å². The maximum absolute atomic E-state index is 12.8. The Bertz CT molecular complexity index is 297. The highest BCUT2D eigenvalue weighted by atomic mass is 19.1. The standard InChI is InChI=1S/C11H15F2NO/c1-3-10(7-14-2)15-11-5-8(12)4-9(13)6-11/h4-6,10,14H,3,7H2,1-2H3. The van der Waals surface area contributed by atoms with Gasteiger partial charge in [0.1, 0.15) is 23.5 Å². The fourth-order valence-electron chi connectivity index (χ4n) is 1.29. The van der Waals surface area contributed by atoms with Crippen LogP contribution in [0.5, 0.6) is 5.75 Å². The molecule has 0 heterocycles. The van der Waals surface area contributed by atoms with Crippen molar-refractivity contribution < 1.29 is 13.5 Å². The molecule has 1 aromatic carbocycles. The van der Waals surface area contributed by atoms with Crippen LogP contribution in [0.3, 0.4) is 0 Å². The minimum absolute atomic E-state index is 0.0730. The van der Waals surface area contributed by atoms with Gasteiger partial charge in [0.2, 0.25) is 0 Å². The first kappa shape index (κ1) is 11.9. The first-order valence-corrected chi connectivity index (χ1v) is 4.93. The summed E-state index contributed by atoms with van der Waals surface area (Å²) in [6.45, 7) is 2.60. The van der Waals surface area contributed by atoms with Crippen LogP contribution in [-0.2, 0) is 0 Å². The Balaban J connectivity index is 2.69. The Morgan fingerprint density at radius 2 is 1.87 bits per heavy atom. The van der Waals surface area contributed by atoms with Crippen molar-refractivity contribution in [1.82, 2.24) is 5.32 Å². The van der Waals surface area contributed by atoms with E-state index in [2.05, 4.69) is 5.32 Å². The lowest BCUT2D eigenvalue weighted by molar-refractivity contribution is 0.195. The van der Waals surface area contributed by atoms with Gasteiger partial charge in [-0.15, -0.1) is 0 Å². The lowest BCUT2D eigenvalue weighted by atomic mass is 10.2. The van der Waals surface area contributed by atoms with Crippen LogP contribution in [0.15, 0.2) is 18.2 Å². The Morgan fingerprint density at radius 3 is 2.33 bits per heavy atom. The molecule has 0 spiro atoms. The molecule has 1 atom stereocenters. The van der Waals surface area contributed by atoms with Crippen LogP contribution in [-0.4, -0.2) is 19.7 Å². The van der Waals surface area contributed by atoms with Gasteiger partial charge in [0.15, 0.2) is 0 Å².